The van der Waals surface area contributed by atoms with Crippen LogP contribution in [-0.4, -0.2) is 50.5 Å². The number of likely N-dealkylation sites (N-methyl/N-ethyl adjacent to an activating group) is 1. The average Bonchev–Trinajstić information content (AvgIpc) is 2.17. The van der Waals surface area contributed by atoms with Crippen LogP contribution in [0.25, 0.3) is 0 Å². The molecule has 0 rings (SSSR count). The fourth-order valence-electron chi connectivity index (χ4n) is 1.18. The molecular weight excluding hydrogens is 202 g/mol. The van der Waals surface area contributed by atoms with Crippen molar-refractivity contribution < 1.29 is 14.7 Å². The van der Waals surface area contributed by atoms with Crippen molar-refractivity contribution in [1.82, 2.24) is 0 Å². The molecule has 0 spiro atoms. The Morgan fingerprint density at radius 3 is 1.75 bits per heavy atom. The Labute approximate surface area is 102 Å². The Hall–Kier alpha value is -0.120. The first-order valence-electron chi connectivity index (χ1n) is 6.47. The molecular formula is C13H31NO2. The van der Waals surface area contributed by atoms with Crippen molar-refractivity contribution in [3.63, 3.8) is 0 Å². The maximum absolute atomic E-state index is 9.96. The highest BCUT2D eigenvalue weighted by Crippen LogP contribution is 2.03. The zero-order valence-electron chi connectivity index (χ0n) is 11.7. The van der Waals surface area contributed by atoms with Gasteiger partial charge in [0.1, 0.15) is 6.54 Å². The maximum Gasteiger partial charge on any atom is 0.101 e. The molecule has 1 N–H and O–H groups in total. The molecule has 0 unspecified atom stereocenters. The molecule has 0 aromatic rings. The highest BCUT2D eigenvalue weighted by atomic mass is 16.3. The Kier molecular flexibility index (Phi) is 14.8. The molecule has 0 aromatic heterocycles. The van der Waals surface area contributed by atoms with Gasteiger partial charge in [0, 0.05) is 0 Å². The monoisotopic (exact) mass is 233 g/mol. The molecule has 0 saturated heterocycles. The summed E-state index contributed by atoms with van der Waals surface area (Å²) in [5, 5.41) is 18.3. The van der Waals surface area contributed by atoms with Crippen LogP contribution in [0, 0.1) is 0 Å². The van der Waals surface area contributed by atoms with Gasteiger partial charge in [0.25, 0.3) is 0 Å². The lowest BCUT2D eigenvalue weighted by atomic mass is 10.1. The Morgan fingerprint density at radius 1 is 0.938 bits per heavy atom. The molecule has 0 saturated carbocycles. The fourth-order valence-corrected chi connectivity index (χ4v) is 1.18. The van der Waals surface area contributed by atoms with E-state index in [9.17, 15) is 5.11 Å². The van der Waals surface area contributed by atoms with Gasteiger partial charge in [-0.3, -0.25) is 0 Å². The Morgan fingerprint density at radius 2 is 1.44 bits per heavy atom. The lowest BCUT2D eigenvalue weighted by molar-refractivity contribution is -0.870. The first-order valence-corrected chi connectivity index (χ1v) is 6.47. The largest absolute Gasteiger partial charge is 0.854 e. The van der Waals surface area contributed by atoms with Gasteiger partial charge in [-0.2, -0.15) is 0 Å². The third kappa shape index (κ3) is 23.6. The van der Waals surface area contributed by atoms with E-state index in [4.69, 9.17) is 5.11 Å². The summed E-state index contributed by atoms with van der Waals surface area (Å²) in [5.74, 6) is 0. The minimum absolute atomic E-state index is 0.117. The highest BCUT2D eigenvalue weighted by Gasteiger charge is 2.02. The quantitative estimate of drug-likeness (QED) is 0.508. The van der Waals surface area contributed by atoms with Crippen molar-refractivity contribution in [1.29, 1.82) is 0 Å². The van der Waals surface area contributed by atoms with Crippen LogP contribution in [0.1, 0.15) is 45.4 Å². The van der Waals surface area contributed by atoms with Crippen LogP contribution >= 0.6 is 0 Å². The van der Waals surface area contributed by atoms with Crippen molar-refractivity contribution in [2.75, 3.05) is 40.9 Å². The molecule has 3 heteroatoms. The van der Waals surface area contributed by atoms with Crippen LogP contribution < -0.4 is 5.11 Å². The summed E-state index contributed by atoms with van der Waals surface area (Å²) in [5.41, 5.74) is 0. The Bertz CT molecular complexity index is 116. The third-order valence-corrected chi connectivity index (χ3v) is 2.27. The van der Waals surface area contributed by atoms with Crippen molar-refractivity contribution in [2.24, 2.45) is 0 Å². The first kappa shape index (κ1) is 18.3. The molecule has 0 radical (unpaired) electrons. The number of unbranched alkanes of at least 4 members (excludes halogenated alkanes) is 5. The molecule has 3 nitrogen and oxygen atoms in total. The van der Waals surface area contributed by atoms with Gasteiger partial charge in [0.2, 0.25) is 0 Å². The lowest BCUT2D eigenvalue weighted by Crippen LogP contribution is -2.36. The predicted molar refractivity (Wildman–Crippen MR) is 68.2 cm³/mol. The van der Waals surface area contributed by atoms with Crippen LogP contribution in [0.5, 0.6) is 0 Å². The van der Waals surface area contributed by atoms with Gasteiger partial charge in [-0.25, -0.2) is 0 Å². The van der Waals surface area contributed by atoms with Crippen molar-refractivity contribution in [2.45, 2.75) is 45.4 Å². The van der Waals surface area contributed by atoms with E-state index in [-0.39, 0.29) is 13.2 Å². The smallest absolute Gasteiger partial charge is 0.101 e. The summed E-state index contributed by atoms with van der Waals surface area (Å²) in [6, 6.07) is 0. The second-order valence-corrected chi connectivity index (χ2v) is 5.21. The van der Waals surface area contributed by atoms with Crippen molar-refractivity contribution in [3.8, 4) is 0 Å². The van der Waals surface area contributed by atoms with E-state index in [1.54, 1.807) is 0 Å². The predicted octanol–water partition coefficient (Wildman–Crippen LogP) is 1.39. The number of hydrogen-bond donors (Lipinski definition) is 1. The van der Waals surface area contributed by atoms with Gasteiger partial charge in [0.15, 0.2) is 0 Å². The third-order valence-electron chi connectivity index (χ3n) is 2.27. The number of quaternary nitrogens is 1. The zero-order valence-corrected chi connectivity index (χ0v) is 11.7. The summed E-state index contributed by atoms with van der Waals surface area (Å²) in [6.45, 7) is 3.43. The number of hydrogen-bond acceptors (Lipinski definition) is 2. The topological polar surface area (TPSA) is 43.3 Å². The van der Waals surface area contributed by atoms with Crippen LogP contribution in [0.2, 0.25) is 0 Å². The van der Waals surface area contributed by atoms with E-state index in [1.165, 1.54) is 25.7 Å². The molecule has 0 aliphatic carbocycles. The van der Waals surface area contributed by atoms with E-state index in [0.717, 1.165) is 23.9 Å². The van der Waals surface area contributed by atoms with E-state index in [0.29, 0.717) is 0 Å². The average molecular weight is 233 g/mol. The van der Waals surface area contributed by atoms with E-state index < -0.39 is 0 Å². The Balaban J connectivity index is 0. The summed E-state index contributed by atoms with van der Waals surface area (Å²) < 4.78 is 0.844. The second kappa shape index (κ2) is 12.9. The summed E-state index contributed by atoms with van der Waals surface area (Å²) in [4.78, 5) is 0. The SMILES string of the molecule is CCCCCCCC[O-].C[N+](C)(C)CCO. The summed E-state index contributed by atoms with van der Waals surface area (Å²) in [6.07, 6.45) is 7.22. The van der Waals surface area contributed by atoms with Gasteiger partial charge in [0.05, 0.1) is 27.7 Å². The zero-order chi connectivity index (χ0) is 12.9. The number of aliphatic hydroxyl groups is 1. The van der Waals surface area contributed by atoms with E-state index in [2.05, 4.69) is 28.1 Å². The van der Waals surface area contributed by atoms with Crippen LogP contribution in [0.3, 0.4) is 0 Å². The minimum Gasteiger partial charge on any atom is -0.854 e. The molecule has 0 atom stereocenters. The molecule has 16 heavy (non-hydrogen) atoms. The maximum atomic E-state index is 9.96. The molecule has 0 amide bonds. The van der Waals surface area contributed by atoms with Crippen LogP contribution in [-0.2, 0) is 0 Å². The van der Waals surface area contributed by atoms with Gasteiger partial charge >= 0.3 is 0 Å². The molecule has 0 heterocycles. The van der Waals surface area contributed by atoms with Crippen LogP contribution in [0.4, 0.5) is 0 Å². The molecule has 0 fully saturated rings. The van der Waals surface area contributed by atoms with Gasteiger partial charge in [-0.15, -0.1) is 6.61 Å². The standard InChI is InChI=1S/C8H17O.C5H14NO/c1-2-3-4-5-6-7-8-9;1-6(2,3)4-5-7/h2-8H2,1H3;7H,4-5H2,1-3H3/q-1;+1. The van der Waals surface area contributed by atoms with Crippen molar-refractivity contribution in [3.05, 3.63) is 0 Å². The van der Waals surface area contributed by atoms with E-state index in [1.807, 2.05) is 0 Å². The van der Waals surface area contributed by atoms with Crippen molar-refractivity contribution >= 4 is 0 Å². The molecule has 0 aromatic carbocycles. The molecule has 0 aliphatic rings. The fraction of sp³-hybridized carbons (Fsp3) is 1.00. The van der Waals surface area contributed by atoms with Gasteiger partial charge < -0.3 is 14.7 Å². The second-order valence-electron chi connectivity index (χ2n) is 5.21. The molecule has 100 valence electrons. The molecule has 0 aliphatic heterocycles. The summed E-state index contributed by atoms with van der Waals surface area (Å²) >= 11 is 0. The lowest BCUT2D eigenvalue weighted by Gasteiger charge is -2.21. The van der Waals surface area contributed by atoms with Gasteiger partial charge in [-0.1, -0.05) is 45.4 Å². The van der Waals surface area contributed by atoms with E-state index >= 15 is 0 Å². The first-order chi connectivity index (χ1) is 7.47. The van der Waals surface area contributed by atoms with Gasteiger partial charge in [-0.05, 0) is 0 Å². The highest BCUT2D eigenvalue weighted by molar-refractivity contribution is 4.41. The summed E-state index contributed by atoms with van der Waals surface area (Å²) in [7, 11) is 6.16. The number of nitrogens with zero attached hydrogens (tertiary/aromatic N) is 1. The molecule has 0 bridgehead atoms. The normalized spacial score (nSPS) is 10.9. The van der Waals surface area contributed by atoms with Crippen LogP contribution in [0.15, 0.2) is 0 Å². The number of rotatable bonds is 8. The number of aliphatic hydroxyl groups excluding tert-OH is 1. The minimum atomic E-state index is 0.117.